The summed E-state index contributed by atoms with van der Waals surface area (Å²) >= 11 is 9.29. The molecule has 33 heavy (non-hydrogen) atoms. The lowest BCUT2D eigenvalue weighted by Gasteiger charge is -2.23. The third-order valence-electron chi connectivity index (χ3n) is 4.87. The molecule has 0 saturated heterocycles. The summed E-state index contributed by atoms with van der Waals surface area (Å²) in [6.45, 7) is 0.527. The Kier molecular flexibility index (Phi) is 7.23. The molecule has 1 amide bonds. The van der Waals surface area contributed by atoms with Crippen LogP contribution in [0.1, 0.15) is 5.56 Å². The summed E-state index contributed by atoms with van der Waals surface area (Å²) in [5, 5.41) is 3.16. The highest BCUT2D eigenvalue weighted by Gasteiger charge is 2.27. The Bertz CT molecular complexity index is 1250. The van der Waals surface area contributed by atoms with Gasteiger partial charge in [-0.05, 0) is 54.1 Å². The van der Waals surface area contributed by atoms with Gasteiger partial charge in [0.2, 0.25) is 15.9 Å². The monoisotopic (exact) mass is 550 g/mol. The molecule has 0 fully saturated rings. The first kappa shape index (κ1) is 23.6. The number of ether oxygens (including phenoxy) is 2. The lowest BCUT2D eigenvalue weighted by Crippen LogP contribution is -2.37. The van der Waals surface area contributed by atoms with Crippen molar-refractivity contribution < 1.29 is 22.7 Å². The van der Waals surface area contributed by atoms with E-state index in [0.717, 1.165) is 14.3 Å². The summed E-state index contributed by atoms with van der Waals surface area (Å²) in [6.07, 6.45) is 0. The van der Waals surface area contributed by atoms with Gasteiger partial charge in [0.15, 0.2) is 11.5 Å². The number of carbonyl (C=O) groups excluding carboxylic acids is 1. The maximum atomic E-state index is 13.4. The number of benzene rings is 3. The van der Waals surface area contributed by atoms with E-state index in [1.807, 2.05) is 12.1 Å². The first-order chi connectivity index (χ1) is 15.8. The third-order valence-corrected chi connectivity index (χ3v) is 7.46. The Balaban J connectivity index is 1.56. The molecule has 0 spiro atoms. The van der Waals surface area contributed by atoms with E-state index in [1.54, 1.807) is 30.3 Å². The van der Waals surface area contributed by atoms with Crippen molar-refractivity contribution in [2.24, 2.45) is 0 Å². The van der Waals surface area contributed by atoms with Crippen molar-refractivity contribution in [1.29, 1.82) is 0 Å². The molecule has 0 atom stereocenters. The molecule has 1 aliphatic heterocycles. The summed E-state index contributed by atoms with van der Waals surface area (Å²) in [5.41, 5.74) is 1.22. The lowest BCUT2D eigenvalue weighted by molar-refractivity contribution is -0.116. The van der Waals surface area contributed by atoms with Crippen molar-refractivity contribution in [2.45, 2.75) is 11.4 Å². The van der Waals surface area contributed by atoms with E-state index < -0.39 is 15.9 Å². The number of carbonyl (C=O) groups is 1. The van der Waals surface area contributed by atoms with Crippen LogP contribution in [0.15, 0.2) is 76.1 Å². The smallest absolute Gasteiger partial charge is 0.243 e. The number of sulfonamides is 1. The Morgan fingerprint density at radius 1 is 0.970 bits per heavy atom. The van der Waals surface area contributed by atoms with Crippen LogP contribution in [0.5, 0.6) is 11.5 Å². The summed E-state index contributed by atoms with van der Waals surface area (Å²) < 4.78 is 39.7. The van der Waals surface area contributed by atoms with E-state index in [1.165, 1.54) is 24.3 Å². The average Bonchev–Trinajstić information content (AvgIpc) is 2.80. The minimum Gasteiger partial charge on any atom is -0.486 e. The minimum atomic E-state index is -3.97. The van der Waals surface area contributed by atoms with E-state index >= 15 is 0 Å². The predicted molar refractivity (Wildman–Crippen MR) is 129 cm³/mol. The van der Waals surface area contributed by atoms with Gasteiger partial charge in [-0.15, -0.1) is 0 Å². The van der Waals surface area contributed by atoms with Crippen LogP contribution in [0, 0.1) is 0 Å². The number of hydrogen-bond donors (Lipinski definition) is 1. The molecule has 3 aromatic rings. The molecule has 4 rings (SSSR count). The Morgan fingerprint density at radius 3 is 2.33 bits per heavy atom. The van der Waals surface area contributed by atoms with Gasteiger partial charge in [0.1, 0.15) is 13.2 Å². The Labute approximate surface area is 205 Å². The van der Waals surface area contributed by atoms with Crippen molar-refractivity contribution >= 4 is 49.1 Å². The first-order valence-corrected chi connectivity index (χ1v) is 12.6. The molecule has 7 nitrogen and oxygen atoms in total. The highest BCUT2D eigenvalue weighted by atomic mass is 79.9. The van der Waals surface area contributed by atoms with Crippen LogP contribution in [0.25, 0.3) is 0 Å². The summed E-state index contributed by atoms with van der Waals surface area (Å²) in [4.78, 5) is 12.9. The Hall–Kier alpha value is -2.59. The number of nitrogens with zero attached hydrogens (tertiary/aromatic N) is 1. The molecule has 0 unspecified atom stereocenters. The van der Waals surface area contributed by atoms with E-state index in [0.29, 0.717) is 35.4 Å². The molecule has 0 aliphatic carbocycles. The molecule has 1 aliphatic rings. The van der Waals surface area contributed by atoms with Crippen LogP contribution in [-0.4, -0.2) is 38.4 Å². The fourth-order valence-corrected chi connectivity index (χ4v) is 5.03. The molecule has 10 heteroatoms. The van der Waals surface area contributed by atoms with Crippen LogP contribution in [-0.2, 0) is 21.4 Å². The number of nitrogens with one attached hydrogen (secondary N) is 1. The molecule has 0 aromatic heterocycles. The van der Waals surface area contributed by atoms with Crippen LogP contribution >= 0.6 is 27.5 Å². The predicted octanol–water partition coefficient (Wildman–Crippen LogP) is 4.70. The minimum absolute atomic E-state index is 0.0206. The Morgan fingerprint density at radius 2 is 1.64 bits per heavy atom. The highest BCUT2D eigenvalue weighted by molar-refractivity contribution is 9.10. The van der Waals surface area contributed by atoms with Gasteiger partial charge in [0.25, 0.3) is 0 Å². The maximum Gasteiger partial charge on any atom is 0.243 e. The number of fused-ring (bicyclic) bond motifs is 1. The summed E-state index contributed by atoms with van der Waals surface area (Å²) in [6, 6.07) is 18.1. The van der Waals surface area contributed by atoms with Crippen LogP contribution in [0.2, 0.25) is 5.02 Å². The number of rotatable bonds is 7. The zero-order chi connectivity index (χ0) is 23.4. The normalized spacial score (nSPS) is 13.1. The fraction of sp³-hybridized carbons (Fsp3) is 0.174. The van der Waals surface area contributed by atoms with Gasteiger partial charge in [-0.1, -0.05) is 39.7 Å². The maximum absolute atomic E-state index is 13.4. The zero-order valence-corrected chi connectivity index (χ0v) is 20.5. The molecule has 1 N–H and O–H groups in total. The number of anilines is 1. The second-order valence-corrected chi connectivity index (χ2v) is 10.6. The number of hydrogen-bond acceptors (Lipinski definition) is 5. The van der Waals surface area contributed by atoms with Crippen LogP contribution in [0.3, 0.4) is 0 Å². The van der Waals surface area contributed by atoms with Crippen molar-refractivity contribution in [3.05, 3.63) is 81.8 Å². The molecule has 0 saturated carbocycles. The highest BCUT2D eigenvalue weighted by Crippen LogP contribution is 2.32. The van der Waals surface area contributed by atoms with Crippen molar-refractivity contribution in [3.63, 3.8) is 0 Å². The van der Waals surface area contributed by atoms with Gasteiger partial charge in [-0.2, -0.15) is 4.31 Å². The zero-order valence-electron chi connectivity index (χ0n) is 17.3. The standard InChI is InChI=1S/C23H20BrClN2O5S/c24-17-3-1-16(2-4-17)14-27(33(29,30)20-8-5-18(25)6-9-20)15-23(28)26-19-7-10-21-22(13-19)32-12-11-31-21/h1-10,13H,11-12,14-15H2,(H,26,28). The van der Waals surface area contributed by atoms with Gasteiger partial charge in [-0.3, -0.25) is 4.79 Å². The summed E-state index contributed by atoms with van der Waals surface area (Å²) in [5.74, 6) is 0.641. The van der Waals surface area contributed by atoms with Gasteiger partial charge in [-0.25, -0.2) is 8.42 Å². The second kappa shape index (κ2) is 10.1. The lowest BCUT2D eigenvalue weighted by atomic mass is 10.2. The second-order valence-electron chi connectivity index (χ2n) is 7.26. The molecular formula is C23H20BrClN2O5S. The summed E-state index contributed by atoms with van der Waals surface area (Å²) in [7, 11) is -3.97. The molecule has 0 radical (unpaired) electrons. The van der Waals surface area contributed by atoms with E-state index in [4.69, 9.17) is 21.1 Å². The molecule has 1 heterocycles. The molecule has 3 aromatic carbocycles. The van der Waals surface area contributed by atoms with E-state index in [2.05, 4.69) is 21.2 Å². The van der Waals surface area contributed by atoms with Gasteiger partial charge >= 0.3 is 0 Å². The van der Waals surface area contributed by atoms with Gasteiger partial charge < -0.3 is 14.8 Å². The fourth-order valence-electron chi connectivity index (χ4n) is 3.26. The van der Waals surface area contributed by atoms with Crippen LogP contribution in [0.4, 0.5) is 5.69 Å². The van der Waals surface area contributed by atoms with Crippen LogP contribution < -0.4 is 14.8 Å². The molecular weight excluding hydrogens is 532 g/mol. The van der Waals surface area contributed by atoms with Crippen molar-refractivity contribution in [3.8, 4) is 11.5 Å². The quantitative estimate of drug-likeness (QED) is 0.460. The van der Waals surface area contributed by atoms with Gasteiger partial charge in [0.05, 0.1) is 11.4 Å². The SMILES string of the molecule is O=C(CN(Cc1ccc(Br)cc1)S(=O)(=O)c1ccc(Cl)cc1)Nc1ccc2c(c1)OCCO2. The first-order valence-electron chi connectivity index (χ1n) is 10.0. The van der Waals surface area contributed by atoms with Crippen molar-refractivity contribution in [1.82, 2.24) is 4.31 Å². The topological polar surface area (TPSA) is 84.9 Å². The van der Waals surface area contributed by atoms with Crippen molar-refractivity contribution in [2.75, 3.05) is 25.1 Å². The third kappa shape index (κ3) is 5.86. The molecule has 0 bridgehead atoms. The molecule has 172 valence electrons. The van der Waals surface area contributed by atoms with E-state index in [-0.39, 0.29) is 18.0 Å². The largest absolute Gasteiger partial charge is 0.486 e. The van der Waals surface area contributed by atoms with E-state index in [9.17, 15) is 13.2 Å². The van der Waals surface area contributed by atoms with Gasteiger partial charge in [0, 0.05) is 27.8 Å². The number of amides is 1. The average molecular weight is 552 g/mol. The number of halogens is 2.